The maximum atomic E-state index is 11.9. The predicted molar refractivity (Wildman–Crippen MR) is 89.9 cm³/mol. The first kappa shape index (κ1) is 15.0. The first-order chi connectivity index (χ1) is 9.78. The van der Waals surface area contributed by atoms with Crippen LogP contribution in [0.15, 0.2) is 21.1 Å². The quantitative estimate of drug-likeness (QED) is 0.718. The Balaban J connectivity index is 2.41. The number of carbonyl (C=O) groups is 1. The number of hydrogen-bond donors (Lipinski definition) is 1. The summed E-state index contributed by atoms with van der Waals surface area (Å²) in [5.41, 5.74) is 3.09. The summed E-state index contributed by atoms with van der Waals surface area (Å²) < 4.78 is 1.67. The number of aromatic nitrogens is 1. The zero-order valence-electron chi connectivity index (χ0n) is 11.8. The standard InChI is InChI=1S/C16H15Br2NO2/c1-16(2)4-3-12-10(7-16)13(15(20)21)9-5-8(17)6-11(18)14(9)19-12/h5-6H,3-4,7H2,1-2H3,(H,20,21). The normalized spacial score (nSPS) is 16.8. The van der Waals surface area contributed by atoms with Crippen LogP contribution in [0.5, 0.6) is 0 Å². The van der Waals surface area contributed by atoms with Crippen LogP contribution in [0, 0.1) is 5.41 Å². The van der Waals surface area contributed by atoms with Crippen molar-refractivity contribution in [1.82, 2.24) is 4.98 Å². The van der Waals surface area contributed by atoms with E-state index in [-0.39, 0.29) is 5.41 Å². The number of aromatic carboxylic acids is 1. The molecule has 0 saturated carbocycles. The number of carboxylic acids is 1. The lowest BCUT2D eigenvalue weighted by Crippen LogP contribution is -2.25. The van der Waals surface area contributed by atoms with Crippen LogP contribution < -0.4 is 0 Å². The first-order valence-electron chi connectivity index (χ1n) is 6.82. The Kier molecular flexibility index (Phi) is 3.61. The predicted octanol–water partition coefficient (Wildman–Crippen LogP) is 4.97. The fourth-order valence-electron chi connectivity index (χ4n) is 3.04. The molecule has 1 aliphatic carbocycles. The Morgan fingerprint density at radius 1 is 1.33 bits per heavy atom. The van der Waals surface area contributed by atoms with E-state index in [0.29, 0.717) is 10.9 Å². The number of halogens is 2. The summed E-state index contributed by atoms with van der Waals surface area (Å²) in [7, 11) is 0. The molecule has 1 aromatic heterocycles. The Hall–Kier alpha value is -0.940. The third-order valence-electron chi connectivity index (χ3n) is 4.10. The van der Waals surface area contributed by atoms with Gasteiger partial charge in [-0.15, -0.1) is 0 Å². The average Bonchev–Trinajstić information content (AvgIpc) is 2.35. The molecule has 0 radical (unpaired) electrons. The van der Waals surface area contributed by atoms with Crippen LogP contribution in [-0.4, -0.2) is 16.1 Å². The number of carboxylic acid groups (broad SMARTS) is 1. The van der Waals surface area contributed by atoms with Crippen molar-refractivity contribution in [2.45, 2.75) is 33.1 Å². The van der Waals surface area contributed by atoms with Gasteiger partial charge in [-0.1, -0.05) is 29.8 Å². The molecule has 0 unspecified atom stereocenters. The van der Waals surface area contributed by atoms with Gasteiger partial charge in [0.25, 0.3) is 0 Å². The van der Waals surface area contributed by atoms with Gasteiger partial charge in [-0.3, -0.25) is 4.98 Å². The van der Waals surface area contributed by atoms with Crippen molar-refractivity contribution in [1.29, 1.82) is 0 Å². The highest BCUT2D eigenvalue weighted by atomic mass is 79.9. The number of rotatable bonds is 1. The molecule has 0 bridgehead atoms. The first-order valence-corrected chi connectivity index (χ1v) is 8.41. The molecule has 0 spiro atoms. The molecule has 0 saturated heterocycles. The van der Waals surface area contributed by atoms with Crippen molar-refractivity contribution < 1.29 is 9.90 Å². The molecule has 5 heteroatoms. The van der Waals surface area contributed by atoms with E-state index >= 15 is 0 Å². The van der Waals surface area contributed by atoms with E-state index in [1.807, 2.05) is 12.1 Å². The second kappa shape index (κ2) is 5.06. The summed E-state index contributed by atoms with van der Waals surface area (Å²) in [5.74, 6) is -0.874. The number of fused-ring (bicyclic) bond motifs is 2. The van der Waals surface area contributed by atoms with E-state index in [9.17, 15) is 9.90 Å². The van der Waals surface area contributed by atoms with Gasteiger partial charge in [0.15, 0.2) is 0 Å². The molecule has 0 aliphatic heterocycles. The zero-order valence-corrected chi connectivity index (χ0v) is 15.0. The highest BCUT2D eigenvalue weighted by molar-refractivity contribution is 9.11. The summed E-state index contributed by atoms with van der Waals surface area (Å²) in [6, 6.07) is 3.75. The van der Waals surface area contributed by atoms with Crippen LogP contribution in [0.1, 0.15) is 41.9 Å². The van der Waals surface area contributed by atoms with Crippen LogP contribution >= 0.6 is 31.9 Å². The van der Waals surface area contributed by atoms with E-state index < -0.39 is 5.97 Å². The Bertz CT molecular complexity index is 769. The summed E-state index contributed by atoms with van der Waals surface area (Å²) in [6.45, 7) is 4.37. The third-order valence-corrected chi connectivity index (χ3v) is 5.16. The summed E-state index contributed by atoms with van der Waals surface area (Å²) in [5, 5.41) is 10.4. The molecule has 1 N–H and O–H groups in total. The summed E-state index contributed by atoms with van der Waals surface area (Å²) in [6.07, 6.45) is 2.63. The lowest BCUT2D eigenvalue weighted by atomic mass is 9.74. The van der Waals surface area contributed by atoms with Crippen molar-refractivity contribution in [3.05, 3.63) is 37.9 Å². The SMILES string of the molecule is CC1(C)CCc2nc3c(Br)cc(Br)cc3c(C(=O)O)c2C1. The van der Waals surface area contributed by atoms with Crippen LogP contribution in [0.4, 0.5) is 0 Å². The van der Waals surface area contributed by atoms with Crippen LogP contribution in [0.25, 0.3) is 10.9 Å². The molecule has 3 nitrogen and oxygen atoms in total. The van der Waals surface area contributed by atoms with Gasteiger partial charge >= 0.3 is 5.97 Å². The van der Waals surface area contributed by atoms with Crippen LogP contribution in [0.3, 0.4) is 0 Å². The maximum Gasteiger partial charge on any atom is 0.336 e. The Morgan fingerprint density at radius 2 is 2.05 bits per heavy atom. The minimum Gasteiger partial charge on any atom is -0.478 e. The molecule has 1 heterocycles. The monoisotopic (exact) mass is 411 g/mol. The topological polar surface area (TPSA) is 50.2 Å². The molecule has 110 valence electrons. The molecule has 0 amide bonds. The summed E-state index contributed by atoms with van der Waals surface area (Å²) >= 11 is 6.93. The minimum absolute atomic E-state index is 0.121. The average molecular weight is 413 g/mol. The van der Waals surface area contributed by atoms with Gasteiger partial charge in [0.1, 0.15) is 0 Å². The van der Waals surface area contributed by atoms with Crippen LogP contribution in [0.2, 0.25) is 0 Å². The van der Waals surface area contributed by atoms with Gasteiger partial charge in [-0.05, 0) is 58.3 Å². The second-order valence-corrected chi connectivity index (χ2v) is 8.11. The van der Waals surface area contributed by atoms with E-state index in [0.717, 1.165) is 45.0 Å². The lowest BCUT2D eigenvalue weighted by Gasteiger charge is -2.32. The lowest BCUT2D eigenvalue weighted by molar-refractivity contribution is 0.0696. The van der Waals surface area contributed by atoms with Gasteiger partial charge in [-0.2, -0.15) is 0 Å². The van der Waals surface area contributed by atoms with E-state index in [2.05, 4.69) is 45.7 Å². The van der Waals surface area contributed by atoms with Gasteiger partial charge in [-0.25, -0.2) is 4.79 Å². The molecule has 1 aromatic carbocycles. The molecular weight excluding hydrogens is 398 g/mol. The third kappa shape index (κ3) is 2.61. The van der Waals surface area contributed by atoms with Gasteiger partial charge in [0, 0.05) is 20.0 Å². The van der Waals surface area contributed by atoms with E-state index in [4.69, 9.17) is 4.98 Å². The fourth-order valence-corrected chi connectivity index (χ4v) is 4.36. The van der Waals surface area contributed by atoms with Gasteiger partial charge < -0.3 is 5.11 Å². The van der Waals surface area contributed by atoms with E-state index in [1.54, 1.807) is 0 Å². The highest BCUT2D eigenvalue weighted by Gasteiger charge is 2.31. The molecule has 21 heavy (non-hydrogen) atoms. The largest absolute Gasteiger partial charge is 0.478 e. The van der Waals surface area contributed by atoms with Crippen molar-refractivity contribution in [3.8, 4) is 0 Å². The number of nitrogens with zero attached hydrogens (tertiary/aromatic N) is 1. The maximum absolute atomic E-state index is 11.9. The van der Waals surface area contributed by atoms with Crippen LogP contribution in [-0.2, 0) is 12.8 Å². The van der Waals surface area contributed by atoms with Gasteiger partial charge in [0.05, 0.1) is 11.1 Å². The minimum atomic E-state index is -0.874. The fraction of sp³-hybridized carbons (Fsp3) is 0.375. The van der Waals surface area contributed by atoms with E-state index in [1.165, 1.54) is 0 Å². The van der Waals surface area contributed by atoms with Crippen molar-refractivity contribution in [3.63, 3.8) is 0 Å². The molecular formula is C16H15Br2NO2. The Morgan fingerprint density at radius 3 is 2.71 bits per heavy atom. The van der Waals surface area contributed by atoms with Crippen molar-refractivity contribution in [2.75, 3.05) is 0 Å². The van der Waals surface area contributed by atoms with Crippen molar-refractivity contribution >= 4 is 48.7 Å². The molecule has 0 atom stereocenters. The number of pyridine rings is 1. The molecule has 2 aromatic rings. The van der Waals surface area contributed by atoms with Crippen molar-refractivity contribution in [2.24, 2.45) is 5.41 Å². The number of hydrogen-bond acceptors (Lipinski definition) is 2. The van der Waals surface area contributed by atoms with Gasteiger partial charge in [0.2, 0.25) is 0 Å². The second-order valence-electron chi connectivity index (χ2n) is 6.34. The number of benzene rings is 1. The smallest absolute Gasteiger partial charge is 0.336 e. The Labute approximate surface area is 140 Å². The molecule has 3 rings (SSSR count). The molecule has 1 aliphatic rings. The number of aryl methyl sites for hydroxylation is 1. The highest BCUT2D eigenvalue weighted by Crippen LogP contribution is 2.39. The molecule has 0 fully saturated rings. The summed E-state index contributed by atoms with van der Waals surface area (Å²) in [4.78, 5) is 16.6. The zero-order chi connectivity index (χ0) is 15.4.